The van der Waals surface area contributed by atoms with Gasteiger partial charge in [-0.2, -0.15) is 31.6 Å². The third-order valence-corrected chi connectivity index (χ3v) is 6.43. The first kappa shape index (κ1) is 34.8. The van der Waals surface area contributed by atoms with Gasteiger partial charge in [0.1, 0.15) is 21.8 Å². The Labute approximate surface area is 248 Å². The first-order valence-electron chi connectivity index (χ1n) is 12.0. The van der Waals surface area contributed by atoms with Gasteiger partial charge in [-0.25, -0.2) is 4.98 Å². The zero-order valence-electron chi connectivity index (χ0n) is 22.3. The standard InChI is InChI=1S/C21H21BrN6O.2C2H2F3NO/c1-26-17-6-7-18(22)25-19(17)20(15(12-23)21(26)29)28-10-8-27(9-11-28)13-14-4-2-3-5-16(14)24;2*3-2(4,5)1(6)7/h2-7H,8-11,13,24H2,1H3;2*(H2,6,7). The summed E-state index contributed by atoms with van der Waals surface area (Å²) in [5.41, 5.74) is 17.5. The van der Waals surface area contributed by atoms with E-state index in [0.717, 1.165) is 30.9 Å². The van der Waals surface area contributed by atoms with Gasteiger partial charge in [0.15, 0.2) is 0 Å². The highest BCUT2D eigenvalue weighted by molar-refractivity contribution is 9.10. The number of nitrogens with two attached hydrogens (primary N) is 3. The highest BCUT2D eigenvalue weighted by atomic mass is 79.9. The van der Waals surface area contributed by atoms with Crippen LogP contribution < -0.4 is 27.7 Å². The first-order chi connectivity index (χ1) is 19.9. The van der Waals surface area contributed by atoms with E-state index in [1.165, 1.54) is 4.57 Å². The number of benzene rings is 1. The molecule has 1 aromatic carbocycles. The van der Waals surface area contributed by atoms with Crippen molar-refractivity contribution in [2.24, 2.45) is 18.5 Å². The summed E-state index contributed by atoms with van der Waals surface area (Å²) in [7, 11) is 1.67. The smallest absolute Gasteiger partial charge is 0.398 e. The summed E-state index contributed by atoms with van der Waals surface area (Å²) >= 11 is 3.41. The van der Waals surface area contributed by atoms with Crippen molar-refractivity contribution in [2.45, 2.75) is 18.9 Å². The number of hydrogen-bond acceptors (Lipinski definition) is 8. The molecular weight excluding hydrogens is 654 g/mol. The molecule has 1 fully saturated rings. The summed E-state index contributed by atoms with van der Waals surface area (Å²) < 4.78 is 66.4. The van der Waals surface area contributed by atoms with Crippen LogP contribution in [0.25, 0.3) is 11.0 Å². The van der Waals surface area contributed by atoms with E-state index in [4.69, 9.17) is 15.3 Å². The van der Waals surface area contributed by atoms with Crippen molar-refractivity contribution < 1.29 is 35.9 Å². The average Bonchev–Trinajstić information content (AvgIpc) is 2.92. The van der Waals surface area contributed by atoms with E-state index >= 15 is 0 Å². The largest absolute Gasteiger partial charge is 0.470 e. The number of amides is 2. The van der Waals surface area contributed by atoms with Crippen molar-refractivity contribution in [1.82, 2.24) is 14.5 Å². The number of hydrogen-bond donors (Lipinski definition) is 3. The third-order valence-electron chi connectivity index (χ3n) is 5.99. The fourth-order valence-electron chi connectivity index (χ4n) is 3.83. The number of nitrogen functional groups attached to an aromatic ring is 1. The van der Waals surface area contributed by atoms with Gasteiger partial charge in [0.25, 0.3) is 5.56 Å². The van der Waals surface area contributed by atoms with Gasteiger partial charge in [0.05, 0.1) is 11.2 Å². The molecule has 0 atom stereocenters. The third kappa shape index (κ3) is 9.31. The number of pyridine rings is 2. The van der Waals surface area contributed by atoms with E-state index in [-0.39, 0.29) is 11.1 Å². The number of carbonyl (C=O) groups excluding carboxylic acids is 2. The van der Waals surface area contributed by atoms with Gasteiger partial charge < -0.3 is 26.7 Å². The zero-order chi connectivity index (χ0) is 32.7. The Morgan fingerprint density at radius 3 is 1.95 bits per heavy atom. The number of alkyl halides is 6. The maximum absolute atomic E-state index is 12.8. The molecule has 0 unspecified atom stereocenters. The van der Waals surface area contributed by atoms with E-state index in [1.807, 2.05) is 30.3 Å². The van der Waals surface area contributed by atoms with Gasteiger partial charge >= 0.3 is 24.2 Å². The van der Waals surface area contributed by atoms with Gasteiger partial charge in [-0.05, 0) is 39.7 Å². The van der Waals surface area contributed by atoms with E-state index < -0.39 is 24.2 Å². The van der Waals surface area contributed by atoms with Crippen molar-refractivity contribution in [1.29, 1.82) is 5.26 Å². The first-order valence-corrected chi connectivity index (χ1v) is 12.8. The number of para-hydroxylation sites is 1. The van der Waals surface area contributed by atoms with Gasteiger partial charge in [-0.1, -0.05) is 18.2 Å². The number of rotatable bonds is 3. The second-order valence-corrected chi connectivity index (χ2v) is 9.70. The number of primary amides is 2. The van der Waals surface area contributed by atoms with Crippen LogP contribution in [0.2, 0.25) is 0 Å². The predicted molar refractivity (Wildman–Crippen MR) is 148 cm³/mol. The Hall–Kier alpha value is -4.37. The minimum Gasteiger partial charge on any atom is -0.398 e. The summed E-state index contributed by atoms with van der Waals surface area (Å²) in [5.74, 6) is -4.51. The van der Waals surface area contributed by atoms with Gasteiger partial charge in [-0.15, -0.1) is 0 Å². The van der Waals surface area contributed by atoms with Gasteiger partial charge in [0.2, 0.25) is 0 Å². The summed E-state index contributed by atoms with van der Waals surface area (Å²) in [6.07, 6.45) is -9.72. The SMILES string of the molecule is Cn1c(=O)c(C#N)c(N2CCN(Cc3ccccc3N)CC2)c2nc(Br)ccc21.NC(=O)C(F)(F)F.NC(=O)C(F)(F)F. The Kier molecular flexibility index (Phi) is 11.5. The van der Waals surface area contributed by atoms with Crippen LogP contribution in [0.5, 0.6) is 0 Å². The summed E-state index contributed by atoms with van der Waals surface area (Å²) in [5, 5.41) is 9.71. The van der Waals surface area contributed by atoms with E-state index in [0.29, 0.717) is 34.4 Å². The Balaban J connectivity index is 0.000000384. The normalized spacial score (nSPS) is 13.7. The van der Waals surface area contributed by atoms with Gasteiger partial charge in [0, 0.05) is 45.5 Å². The number of halogens is 7. The summed E-state index contributed by atoms with van der Waals surface area (Å²) in [6.45, 7) is 3.82. The molecule has 11 nitrogen and oxygen atoms in total. The molecule has 6 N–H and O–H groups in total. The van der Waals surface area contributed by atoms with Crippen molar-refractivity contribution in [3.63, 3.8) is 0 Å². The maximum atomic E-state index is 12.8. The van der Waals surface area contributed by atoms with Crippen LogP contribution in [0.4, 0.5) is 37.7 Å². The Morgan fingerprint density at radius 1 is 0.977 bits per heavy atom. The molecule has 43 heavy (non-hydrogen) atoms. The molecule has 1 saturated heterocycles. The minimum absolute atomic E-state index is 0.145. The van der Waals surface area contributed by atoms with E-state index in [2.05, 4.69) is 48.3 Å². The number of nitriles is 1. The molecule has 3 aromatic rings. The zero-order valence-corrected chi connectivity index (χ0v) is 23.9. The predicted octanol–water partition coefficient (Wildman–Crippen LogP) is 2.54. The van der Waals surface area contributed by atoms with Gasteiger partial charge in [-0.3, -0.25) is 19.3 Å². The number of fused-ring (bicyclic) bond motifs is 1. The highest BCUT2D eigenvalue weighted by Crippen LogP contribution is 2.29. The number of nitrogens with zero attached hydrogens (tertiary/aromatic N) is 5. The average molecular weight is 679 g/mol. The number of anilines is 2. The minimum atomic E-state index is -4.86. The van der Waals surface area contributed by atoms with Crippen LogP contribution in [0, 0.1) is 11.3 Å². The molecular formula is C25H25BrF6N8O3. The fraction of sp³-hybridized carbons (Fsp3) is 0.320. The molecule has 0 spiro atoms. The molecule has 0 radical (unpaired) electrons. The van der Waals surface area contributed by atoms with Crippen LogP contribution >= 0.6 is 15.9 Å². The number of aromatic nitrogens is 2. The van der Waals surface area contributed by atoms with Crippen molar-refractivity contribution >= 4 is 50.2 Å². The van der Waals surface area contributed by atoms with Crippen LogP contribution in [0.1, 0.15) is 11.1 Å². The topological polar surface area (TPSA) is 177 Å². The van der Waals surface area contributed by atoms with E-state index in [1.54, 1.807) is 13.1 Å². The molecule has 1 aliphatic heterocycles. The molecule has 2 aromatic heterocycles. The molecule has 18 heteroatoms. The molecule has 3 heterocycles. The van der Waals surface area contributed by atoms with Crippen LogP contribution in [0.3, 0.4) is 0 Å². The highest BCUT2D eigenvalue weighted by Gasteiger charge is 2.36. The molecule has 0 aliphatic carbocycles. The van der Waals surface area contributed by atoms with Crippen molar-refractivity contribution in [3.05, 3.63) is 62.5 Å². The van der Waals surface area contributed by atoms with Crippen LogP contribution in [-0.4, -0.2) is 64.8 Å². The molecule has 0 bridgehead atoms. The lowest BCUT2D eigenvalue weighted by atomic mass is 10.1. The van der Waals surface area contributed by atoms with Crippen molar-refractivity contribution in [2.75, 3.05) is 36.8 Å². The number of piperazine rings is 1. The molecule has 4 rings (SSSR count). The van der Waals surface area contributed by atoms with Crippen LogP contribution in [0.15, 0.2) is 45.8 Å². The fourth-order valence-corrected chi connectivity index (χ4v) is 4.14. The quantitative estimate of drug-likeness (QED) is 0.215. The monoisotopic (exact) mass is 678 g/mol. The Bertz CT molecular complexity index is 1550. The molecule has 1 aliphatic rings. The second-order valence-electron chi connectivity index (χ2n) is 8.89. The molecule has 232 valence electrons. The van der Waals surface area contributed by atoms with E-state index in [9.17, 15) is 36.4 Å². The second kappa shape index (κ2) is 14.2. The lowest BCUT2D eigenvalue weighted by molar-refractivity contribution is -0.169. The Morgan fingerprint density at radius 2 is 1.49 bits per heavy atom. The number of aryl methyl sites for hydroxylation is 1. The molecule has 2 amide bonds. The summed E-state index contributed by atoms with van der Waals surface area (Å²) in [4.78, 5) is 40.0. The lowest BCUT2D eigenvalue weighted by Crippen LogP contribution is -2.47. The maximum Gasteiger partial charge on any atom is 0.470 e. The van der Waals surface area contributed by atoms with Crippen LogP contribution in [-0.2, 0) is 23.2 Å². The molecule has 0 saturated carbocycles. The lowest BCUT2D eigenvalue weighted by Gasteiger charge is -2.36. The van der Waals surface area contributed by atoms with Crippen molar-refractivity contribution in [3.8, 4) is 6.07 Å². The number of carbonyl (C=O) groups is 2. The summed E-state index contributed by atoms with van der Waals surface area (Å²) in [6, 6.07) is 13.7.